The third-order valence-corrected chi connectivity index (χ3v) is 7.08. The standard InChI is InChI=1S/C29H24F8O2/c1-2-3-15-4-6-16(7-5-15)17-8-9-20(21(30)10-17)18-11-22(31)26(23(32)12-18)28(38)39-19-13-24(33)27(25(34)14-19)29(35,36)37/h8-16H,2-7H2,1H3. The maximum absolute atomic E-state index is 15.0. The summed E-state index contributed by atoms with van der Waals surface area (Å²) >= 11 is 0. The second kappa shape index (κ2) is 11.4. The van der Waals surface area contributed by atoms with Crippen molar-refractivity contribution in [2.75, 3.05) is 0 Å². The first-order valence-electron chi connectivity index (χ1n) is 12.5. The number of ether oxygens (including phenoxy) is 1. The van der Waals surface area contributed by atoms with Crippen molar-refractivity contribution in [1.29, 1.82) is 0 Å². The molecule has 3 aromatic rings. The summed E-state index contributed by atoms with van der Waals surface area (Å²) in [5.74, 6) is -9.69. The Hall–Kier alpha value is -3.43. The maximum Gasteiger partial charge on any atom is 0.422 e. The van der Waals surface area contributed by atoms with E-state index in [4.69, 9.17) is 0 Å². The molecule has 1 aliphatic carbocycles. The Kier molecular flexibility index (Phi) is 8.32. The first kappa shape index (κ1) is 28.6. The molecule has 4 rings (SSSR count). The van der Waals surface area contributed by atoms with Gasteiger partial charge in [-0.05, 0) is 66.8 Å². The summed E-state index contributed by atoms with van der Waals surface area (Å²) in [6.45, 7) is 2.14. The number of hydrogen-bond donors (Lipinski definition) is 0. The summed E-state index contributed by atoms with van der Waals surface area (Å²) in [4.78, 5) is 12.3. The van der Waals surface area contributed by atoms with Gasteiger partial charge in [0.25, 0.3) is 0 Å². The number of hydrogen-bond acceptors (Lipinski definition) is 2. The molecule has 0 heterocycles. The third kappa shape index (κ3) is 6.25. The van der Waals surface area contributed by atoms with E-state index in [9.17, 15) is 35.5 Å². The fraction of sp³-hybridized carbons (Fsp3) is 0.345. The molecule has 1 aliphatic rings. The van der Waals surface area contributed by atoms with Crippen LogP contribution in [-0.2, 0) is 6.18 Å². The lowest BCUT2D eigenvalue weighted by atomic mass is 9.77. The molecular weight excluding hydrogens is 532 g/mol. The number of rotatable bonds is 6. The molecule has 0 bridgehead atoms. The van der Waals surface area contributed by atoms with E-state index >= 15 is 4.39 Å². The second-order valence-electron chi connectivity index (χ2n) is 9.71. The van der Waals surface area contributed by atoms with Crippen LogP contribution in [0.1, 0.15) is 72.9 Å². The molecule has 0 atom stereocenters. The zero-order chi connectivity index (χ0) is 28.5. The van der Waals surface area contributed by atoms with Crippen molar-refractivity contribution in [2.45, 2.75) is 57.5 Å². The van der Waals surface area contributed by atoms with Gasteiger partial charge in [-0.25, -0.2) is 26.7 Å². The number of alkyl halides is 3. The van der Waals surface area contributed by atoms with Crippen LogP contribution in [0.4, 0.5) is 35.1 Å². The predicted molar refractivity (Wildman–Crippen MR) is 128 cm³/mol. The average Bonchev–Trinajstić information content (AvgIpc) is 2.83. The Labute approximate surface area is 219 Å². The van der Waals surface area contributed by atoms with E-state index in [1.165, 1.54) is 18.6 Å². The van der Waals surface area contributed by atoms with Crippen LogP contribution in [0.3, 0.4) is 0 Å². The lowest BCUT2D eigenvalue weighted by Gasteiger charge is -2.28. The number of halogens is 8. The summed E-state index contributed by atoms with van der Waals surface area (Å²) in [6.07, 6.45) is 0.898. The topological polar surface area (TPSA) is 26.3 Å². The lowest BCUT2D eigenvalue weighted by molar-refractivity contribution is -0.142. The van der Waals surface area contributed by atoms with E-state index in [1.54, 1.807) is 6.07 Å². The van der Waals surface area contributed by atoms with Crippen molar-refractivity contribution < 1.29 is 44.7 Å². The third-order valence-electron chi connectivity index (χ3n) is 7.08. The van der Waals surface area contributed by atoms with Crippen molar-refractivity contribution in [2.24, 2.45) is 5.92 Å². The van der Waals surface area contributed by atoms with E-state index in [0.717, 1.165) is 37.7 Å². The van der Waals surface area contributed by atoms with Gasteiger partial charge in [0.15, 0.2) is 0 Å². The largest absolute Gasteiger partial charge is 0.423 e. The first-order valence-corrected chi connectivity index (χ1v) is 12.5. The highest BCUT2D eigenvalue weighted by Crippen LogP contribution is 2.39. The Morgan fingerprint density at radius 3 is 1.92 bits per heavy atom. The minimum Gasteiger partial charge on any atom is -0.423 e. The van der Waals surface area contributed by atoms with Gasteiger partial charge in [-0.15, -0.1) is 0 Å². The highest BCUT2D eigenvalue weighted by atomic mass is 19.4. The van der Waals surface area contributed by atoms with E-state index in [2.05, 4.69) is 11.7 Å². The number of esters is 1. The highest BCUT2D eigenvalue weighted by molar-refractivity contribution is 5.92. The molecular formula is C29H24F8O2. The SMILES string of the molecule is CCCC1CCC(c2ccc(-c3cc(F)c(C(=O)Oc4cc(F)c(C(F)(F)F)c(F)c4)c(F)c3)c(F)c2)CC1. The van der Waals surface area contributed by atoms with Crippen LogP contribution in [0, 0.1) is 35.0 Å². The smallest absolute Gasteiger partial charge is 0.422 e. The normalized spacial score (nSPS) is 17.8. The molecule has 0 spiro atoms. The molecule has 0 N–H and O–H groups in total. The first-order chi connectivity index (χ1) is 18.4. The Morgan fingerprint density at radius 1 is 0.821 bits per heavy atom. The maximum atomic E-state index is 15.0. The van der Waals surface area contributed by atoms with Crippen molar-refractivity contribution >= 4 is 5.97 Å². The molecule has 1 saturated carbocycles. The van der Waals surface area contributed by atoms with Gasteiger partial charge in [0.1, 0.15) is 46.0 Å². The Balaban J connectivity index is 1.53. The van der Waals surface area contributed by atoms with Crippen LogP contribution < -0.4 is 4.74 Å². The molecule has 0 amide bonds. The molecule has 208 valence electrons. The molecule has 39 heavy (non-hydrogen) atoms. The minimum atomic E-state index is -5.35. The fourth-order valence-corrected chi connectivity index (χ4v) is 5.17. The molecule has 0 radical (unpaired) electrons. The molecule has 1 fully saturated rings. The zero-order valence-electron chi connectivity index (χ0n) is 20.8. The highest BCUT2D eigenvalue weighted by Gasteiger charge is 2.38. The summed E-state index contributed by atoms with van der Waals surface area (Å²) in [6, 6.07) is 5.98. The number of benzene rings is 3. The van der Waals surface area contributed by atoms with Gasteiger partial charge < -0.3 is 4.74 Å². The molecule has 0 unspecified atom stereocenters. The van der Waals surface area contributed by atoms with Gasteiger partial charge in [-0.3, -0.25) is 0 Å². The van der Waals surface area contributed by atoms with E-state index in [-0.39, 0.29) is 29.2 Å². The quantitative estimate of drug-likeness (QED) is 0.172. The molecule has 0 aliphatic heterocycles. The van der Waals surface area contributed by atoms with E-state index < -0.39 is 58.1 Å². The fourth-order valence-electron chi connectivity index (χ4n) is 5.17. The minimum absolute atomic E-state index is 0.0706. The molecule has 10 heteroatoms. The van der Waals surface area contributed by atoms with Gasteiger partial charge in [-0.1, -0.05) is 31.9 Å². The van der Waals surface area contributed by atoms with Crippen molar-refractivity contribution in [3.63, 3.8) is 0 Å². The van der Waals surface area contributed by atoms with Crippen LogP contribution >= 0.6 is 0 Å². The average molecular weight is 556 g/mol. The van der Waals surface area contributed by atoms with Crippen molar-refractivity contribution in [3.8, 4) is 16.9 Å². The van der Waals surface area contributed by atoms with Gasteiger partial charge in [0.2, 0.25) is 0 Å². The monoisotopic (exact) mass is 556 g/mol. The number of carbonyl (C=O) groups is 1. The van der Waals surface area contributed by atoms with Gasteiger partial charge in [-0.2, -0.15) is 13.2 Å². The molecule has 0 aromatic heterocycles. The van der Waals surface area contributed by atoms with Crippen molar-refractivity contribution in [3.05, 3.63) is 88.2 Å². The van der Waals surface area contributed by atoms with Crippen LogP contribution in [0.5, 0.6) is 5.75 Å². The van der Waals surface area contributed by atoms with E-state index in [1.807, 2.05) is 0 Å². The Morgan fingerprint density at radius 2 is 1.41 bits per heavy atom. The molecule has 2 nitrogen and oxygen atoms in total. The summed E-state index contributed by atoms with van der Waals surface area (Å²) in [5.41, 5.74) is -2.99. The summed E-state index contributed by atoms with van der Waals surface area (Å²) in [5, 5.41) is 0. The lowest BCUT2D eigenvalue weighted by Crippen LogP contribution is -2.15. The molecule has 0 saturated heterocycles. The summed E-state index contributed by atoms with van der Waals surface area (Å²) in [7, 11) is 0. The van der Waals surface area contributed by atoms with E-state index in [0.29, 0.717) is 18.1 Å². The second-order valence-corrected chi connectivity index (χ2v) is 9.71. The summed E-state index contributed by atoms with van der Waals surface area (Å²) < 4.78 is 115. The predicted octanol–water partition coefficient (Wildman–Crippen LogP) is 9.36. The van der Waals surface area contributed by atoms with Crippen LogP contribution in [0.25, 0.3) is 11.1 Å². The van der Waals surface area contributed by atoms with Gasteiger partial charge >= 0.3 is 12.1 Å². The van der Waals surface area contributed by atoms with Gasteiger partial charge in [0, 0.05) is 17.7 Å². The molecule has 3 aromatic carbocycles. The van der Waals surface area contributed by atoms with Gasteiger partial charge in [0.05, 0.1) is 0 Å². The number of carbonyl (C=O) groups excluding carboxylic acids is 1. The van der Waals surface area contributed by atoms with Crippen molar-refractivity contribution in [1.82, 2.24) is 0 Å². The van der Waals surface area contributed by atoms with Crippen LogP contribution in [0.15, 0.2) is 42.5 Å². The Bertz CT molecular complexity index is 1330. The zero-order valence-corrected chi connectivity index (χ0v) is 20.8. The van der Waals surface area contributed by atoms with Crippen LogP contribution in [-0.4, -0.2) is 5.97 Å². The van der Waals surface area contributed by atoms with Crippen LogP contribution in [0.2, 0.25) is 0 Å².